The summed E-state index contributed by atoms with van der Waals surface area (Å²) in [4.78, 5) is 13.4. The Balaban J connectivity index is 1.58. The molecule has 0 bridgehead atoms. The molecule has 3 rings (SSSR count). The number of carbonyl (C=O) groups excluding carboxylic acids is 1. The van der Waals surface area contributed by atoms with Gasteiger partial charge in [-0.05, 0) is 30.9 Å². The van der Waals surface area contributed by atoms with Crippen molar-refractivity contribution < 1.29 is 14.3 Å². The second-order valence-electron chi connectivity index (χ2n) is 5.76. The van der Waals surface area contributed by atoms with E-state index in [0.29, 0.717) is 12.5 Å². The number of hydrogen-bond acceptors (Lipinski definition) is 4. The summed E-state index contributed by atoms with van der Waals surface area (Å²) in [6, 6.07) is 7.81. The summed E-state index contributed by atoms with van der Waals surface area (Å²) in [6.07, 6.45) is 3.27. The van der Waals surface area contributed by atoms with E-state index in [1.54, 1.807) is 18.9 Å². The number of amides is 2. The van der Waals surface area contributed by atoms with Gasteiger partial charge in [0.2, 0.25) is 0 Å². The lowest BCUT2D eigenvalue weighted by atomic mass is 9.67. The molecule has 6 heteroatoms. The van der Waals surface area contributed by atoms with Crippen LogP contribution in [0.2, 0.25) is 0 Å². The van der Waals surface area contributed by atoms with Crippen LogP contribution in [-0.4, -0.2) is 44.8 Å². The van der Waals surface area contributed by atoms with Crippen LogP contribution in [0.4, 0.5) is 10.5 Å². The third-order valence-corrected chi connectivity index (χ3v) is 5.24. The number of anilines is 1. The molecule has 1 aromatic rings. The molecule has 1 aromatic carbocycles. The van der Waals surface area contributed by atoms with E-state index in [1.807, 2.05) is 30.5 Å². The normalized spacial score (nSPS) is 29.5. The maximum atomic E-state index is 12.2. The van der Waals surface area contributed by atoms with Gasteiger partial charge < -0.3 is 20.1 Å². The molecular formula is C16H22N2O3S. The standard InChI is InChI=1S/C16H22N2O3S/c1-20-9-13-14(12-6-7-21-15(12)13)18-16(19)17-10-4-3-5-11(8-10)22-2/h3-5,8,12-15H,6-7,9H2,1-2H3,(H2,17,18,19)/t12-,13+,14+,15-/m0/s1. The van der Waals surface area contributed by atoms with E-state index in [2.05, 4.69) is 10.6 Å². The van der Waals surface area contributed by atoms with Crippen molar-refractivity contribution in [2.45, 2.75) is 23.5 Å². The molecule has 2 fully saturated rings. The predicted molar refractivity (Wildman–Crippen MR) is 87.4 cm³/mol. The second kappa shape index (κ2) is 6.89. The Morgan fingerprint density at radius 1 is 1.50 bits per heavy atom. The van der Waals surface area contributed by atoms with Crippen molar-refractivity contribution in [3.63, 3.8) is 0 Å². The highest BCUT2D eigenvalue weighted by Gasteiger charge is 2.54. The smallest absolute Gasteiger partial charge is 0.319 e. The number of benzene rings is 1. The monoisotopic (exact) mass is 322 g/mol. The number of methoxy groups -OCH3 is 1. The first-order chi connectivity index (χ1) is 10.7. The number of urea groups is 1. The maximum absolute atomic E-state index is 12.2. The van der Waals surface area contributed by atoms with Crippen LogP contribution in [0.25, 0.3) is 0 Å². The summed E-state index contributed by atoms with van der Waals surface area (Å²) in [5.74, 6) is 0.671. The van der Waals surface area contributed by atoms with Crippen molar-refractivity contribution in [3.05, 3.63) is 24.3 Å². The van der Waals surface area contributed by atoms with Crippen molar-refractivity contribution in [2.24, 2.45) is 11.8 Å². The van der Waals surface area contributed by atoms with Crippen LogP contribution < -0.4 is 10.6 Å². The van der Waals surface area contributed by atoms with Crippen molar-refractivity contribution in [1.29, 1.82) is 0 Å². The molecule has 2 aliphatic rings. The first-order valence-electron chi connectivity index (χ1n) is 7.55. The molecule has 1 aliphatic carbocycles. The van der Waals surface area contributed by atoms with Gasteiger partial charge in [0, 0.05) is 42.2 Å². The fourth-order valence-corrected chi connectivity index (χ4v) is 3.91. The second-order valence-corrected chi connectivity index (χ2v) is 6.64. The molecule has 0 radical (unpaired) electrons. The summed E-state index contributed by atoms with van der Waals surface area (Å²) >= 11 is 1.65. The zero-order chi connectivity index (χ0) is 15.5. The van der Waals surface area contributed by atoms with Crippen LogP contribution in [0.5, 0.6) is 0 Å². The maximum Gasteiger partial charge on any atom is 0.319 e. The van der Waals surface area contributed by atoms with Gasteiger partial charge in [0.15, 0.2) is 0 Å². The van der Waals surface area contributed by atoms with Crippen LogP contribution >= 0.6 is 11.8 Å². The summed E-state index contributed by atoms with van der Waals surface area (Å²) in [6.45, 7) is 1.40. The number of rotatable bonds is 5. The number of fused-ring (bicyclic) bond motifs is 1. The molecule has 5 nitrogen and oxygen atoms in total. The molecule has 0 unspecified atom stereocenters. The van der Waals surface area contributed by atoms with E-state index in [9.17, 15) is 4.79 Å². The van der Waals surface area contributed by atoms with Crippen LogP contribution in [0, 0.1) is 11.8 Å². The highest BCUT2D eigenvalue weighted by molar-refractivity contribution is 7.98. The number of nitrogens with one attached hydrogen (secondary N) is 2. The molecule has 2 amide bonds. The van der Waals surface area contributed by atoms with Gasteiger partial charge in [0.1, 0.15) is 0 Å². The Bertz CT molecular complexity index is 540. The topological polar surface area (TPSA) is 59.6 Å². The van der Waals surface area contributed by atoms with E-state index >= 15 is 0 Å². The van der Waals surface area contributed by atoms with Crippen molar-refractivity contribution in [1.82, 2.24) is 5.32 Å². The van der Waals surface area contributed by atoms with E-state index in [1.165, 1.54) is 0 Å². The molecule has 0 aromatic heterocycles. The minimum absolute atomic E-state index is 0.135. The van der Waals surface area contributed by atoms with Gasteiger partial charge in [-0.15, -0.1) is 11.8 Å². The molecular weight excluding hydrogens is 300 g/mol. The quantitative estimate of drug-likeness (QED) is 0.818. The Labute approximate surface area is 135 Å². The largest absolute Gasteiger partial charge is 0.384 e. The third-order valence-electron chi connectivity index (χ3n) is 4.51. The average molecular weight is 322 g/mol. The SMILES string of the molecule is COC[C@@H]1[C@H](NC(=O)Nc2cccc(SC)c2)[C@@H]2CCO[C@H]12. The Morgan fingerprint density at radius 3 is 3.14 bits per heavy atom. The predicted octanol–water partition coefficient (Wildman–Crippen LogP) is 2.58. The Morgan fingerprint density at radius 2 is 2.36 bits per heavy atom. The lowest BCUT2D eigenvalue weighted by molar-refractivity contribution is -0.0798. The molecule has 1 saturated heterocycles. The van der Waals surface area contributed by atoms with E-state index in [-0.39, 0.29) is 24.1 Å². The minimum atomic E-state index is -0.158. The molecule has 120 valence electrons. The highest BCUT2D eigenvalue weighted by atomic mass is 32.2. The van der Waals surface area contributed by atoms with Crippen LogP contribution in [0.1, 0.15) is 6.42 Å². The van der Waals surface area contributed by atoms with Crippen LogP contribution in [0.3, 0.4) is 0 Å². The number of hydrogen-bond donors (Lipinski definition) is 2. The van der Waals surface area contributed by atoms with Gasteiger partial charge in [0.25, 0.3) is 0 Å². The van der Waals surface area contributed by atoms with E-state index < -0.39 is 0 Å². The summed E-state index contributed by atoms with van der Waals surface area (Å²) in [7, 11) is 1.69. The molecule has 22 heavy (non-hydrogen) atoms. The summed E-state index contributed by atoms with van der Waals surface area (Å²) in [5.41, 5.74) is 0.811. The van der Waals surface area contributed by atoms with Crippen LogP contribution in [0.15, 0.2) is 29.2 Å². The van der Waals surface area contributed by atoms with E-state index in [0.717, 1.165) is 23.6 Å². The highest BCUT2D eigenvalue weighted by Crippen LogP contribution is 2.43. The van der Waals surface area contributed by atoms with Gasteiger partial charge in [-0.3, -0.25) is 0 Å². The Kier molecular flexibility index (Phi) is 4.90. The zero-order valence-electron chi connectivity index (χ0n) is 12.9. The molecule has 1 saturated carbocycles. The van der Waals surface area contributed by atoms with Crippen LogP contribution in [-0.2, 0) is 9.47 Å². The lowest BCUT2D eigenvalue weighted by Gasteiger charge is -2.47. The first kappa shape index (κ1) is 15.6. The zero-order valence-corrected chi connectivity index (χ0v) is 13.7. The summed E-state index contributed by atoms with van der Waals surface area (Å²) in [5, 5.41) is 6.01. The number of carbonyl (C=O) groups is 1. The minimum Gasteiger partial charge on any atom is -0.384 e. The van der Waals surface area contributed by atoms with Crippen molar-refractivity contribution in [2.75, 3.05) is 31.9 Å². The Hall–Kier alpha value is -1.24. The van der Waals surface area contributed by atoms with Gasteiger partial charge in [-0.25, -0.2) is 4.79 Å². The fraction of sp³-hybridized carbons (Fsp3) is 0.562. The van der Waals surface area contributed by atoms with Gasteiger partial charge in [-0.2, -0.15) is 0 Å². The lowest BCUT2D eigenvalue weighted by Crippen LogP contribution is -2.63. The molecule has 0 spiro atoms. The molecule has 2 N–H and O–H groups in total. The molecule has 4 atom stereocenters. The third kappa shape index (κ3) is 3.09. The number of thioether (sulfide) groups is 1. The first-order valence-corrected chi connectivity index (χ1v) is 8.77. The van der Waals surface area contributed by atoms with Crippen molar-refractivity contribution >= 4 is 23.5 Å². The van der Waals surface area contributed by atoms with Crippen molar-refractivity contribution in [3.8, 4) is 0 Å². The molecule has 1 aliphatic heterocycles. The van der Waals surface area contributed by atoms with Gasteiger partial charge in [0.05, 0.1) is 12.7 Å². The van der Waals surface area contributed by atoms with Gasteiger partial charge >= 0.3 is 6.03 Å². The van der Waals surface area contributed by atoms with Gasteiger partial charge in [-0.1, -0.05) is 6.07 Å². The van der Waals surface area contributed by atoms with E-state index in [4.69, 9.17) is 9.47 Å². The molecule has 1 heterocycles. The average Bonchev–Trinajstić information content (AvgIpc) is 2.95. The summed E-state index contributed by atoms with van der Waals surface area (Å²) < 4.78 is 11.0. The number of ether oxygens (including phenoxy) is 2. The fourth-order valence-electron chi connectivity index (χ4n) is 3.45.